The summed E-state index contributed by atoms with van der Waals surface area (Å²) in [5.41, 5.74) is 1.12. The number of benzene rings is 1. The Morgan fingerprint density at radius 1 is 1.56 bits per heavy atom. The largest absolute Gasteiger partial charge is 0.354 e. The van der Waals surface area contributed by atoms with E-state index in [1.165, 1.54) is 0 Å². The van der Waals surface area contributed by atoms with Gasteiger partial charge in [0.2, 0.25) is 5.91 Å². The van der Waals surface area contributed by atoms with Crippen LogP contribution in [0.5, 0.6) is 0 Å². The molecule has 0 saturated carbocycles. The monoisotopic (exact) mass is 302 g/mol. The molecule has 1 atom stereocenters. The van der Waals surface area contributed by atoms with E-state index in [-0.39, 0.29) is 11.9 Å². The first-order chi connectivity index (χ1) is 7.65. The van der Waals surface area contributed by atoms with Crippen LogP contribution in [-0.2, 0) is 11.3 Å². The molecular formula is C11H12BrClN2O. The number of carbonyl (C=O) groups is 1. The van der Waals surface area contributed by atoms with Gasteiger partial charge in [0.15, 0.2) is 0 Å². The summed E-state index contributed by atoms with van der Waals surface area (Å²) in [4.78, 5) is 11.0. The van der Waals surface area contributed by atoms with Crippen molar-refractivity contribution in [3.8, 4) is 0 Å². The SMILES string of the molecule is O=C1CC(NCc2ccc(Br)c(Cl)c2)CN1. The van der Waals surface area contributed by atoms with Crippen molar-refractivity contribution >= 4 is 33.4 Å². The number of amides is 1. The Labute approximate surface area is 108 Å². The van der Waals surface area contributed by atoms with Gasteiger partial charge < -0.3 is 10.6 Å². The molecule has 0 bridgehead atoms. The molecule has 3 nitrogen and oxygen atoms in total. The lowest BCUT2D eigenvalue weighted by molar-refractivity contribution is -0.119. The maximum absolute atomic E-state index is 11.0. The first kappa shape index (κ1) is 11.9. The van der Waals surface area contributed by atoms with Crippen LogP contribution in [0.15, 0.2) is 22.7 Å². The van der Waals surface area contributed by atoms with Crippen molar-refractivity contribution in [2.75, 3.05) is 6.54 Å². The van der Waals surface area contributed by atoms with Crippen LogP contribution in [0, 0.1) is 0 Å². The molecular weight excluding hydrogens is 291 g/mol. The highest BCUT2D eigenvalue weighted by Gasteiger charge is 2.20. The lowest BCUT2D eigenvalue weighted by Crippen LogP contribution is -2.30. The molecule has 0 aromatic heterocycles. The van der Waals surface area contributed by atoms with Gasteiger partial charge >= 0.3 is 0 Å². The van der Waals surface area contributed by atoms with Crippen LogP contribution in [0.2, 0.25) is 5.02 Å². The fourth-order valence-corrected chi connectivity index (χ4v) is 2.11. The number of nitrogens with one attached hydrogen (secondary N) is 2. The number of hydrogen-bond acceptors (Lipinski definition) is 2. The Hall–Kier alpha value is -0.580. The second-order valence-electron chi connectivity index (χ2n) is 3.83. The molecule has 0 spiro atoms. The Bertz CT molecular complexity index is 411. The van der Waals surface area contributed by atoms with E-state index in [9.17, 15) is 4.79 Å². The average molecular weight is 304 g/mol. The highest BCUT2D eigenvalue weighted by atomic mass is 79.9. The predicted molar refractivity (Wildman–Crippen MR) is 67.4 cm³/mol. The molecule has 16 heavy (non-hydrogen) atoms. The first-order valence-corrected chi connectivity index (χ1v) is 6.26. The molecule has 1 heterocycles. The van der Waals surface area contributed by atoms with E-state index in [0.29, 0.717) is 18.0 Å². The molecule has 1 aliphatic rings. The summed E-state index contributed by atoms with van der Waals surface area (Å²) in [6.07, 6.45) is 0.560. The van der Waals surface area contributed by atoms with Gasteiger partial charge in [-0.15, -0.1) is 0 Å². The van der Waals surface area contributed by atoms with Gasteiger partial charge in [-0.05, 0) is 33.6 Å². The third-order valence-electron chi connectivity index (χ3n) is 2.56. The molecule has 1 aromatic rings. The predicted octanol–water partition coefficient (Wildman–Crippen LogP) is 2.08. The van der Waals surface area contributed by atoms with Crippen LogP contribution in [0.1, 0.15) is 12.0 Å². The minimum atomic E-state index is 0.117. The van der Waals surface area contributed by atoms with Gasteiger partial charge in [-0.2, -0.15) is 0 Å². The van der Waals surface area contributed by atoms with Gasteiger partial charge in [-0.3, -0.25) is 4.79 Å². The molecule has 2 rings (SSSR count). The van der Waals surface area contributed by atoms with Crippen molar-refractivity contribution in [1.29, 1.82) is 0 Å². The lowest BCUT2D eigenvalue weighted by atomic mass is 10.2. The van der Waals surface area contributed by atoms with E-state index in [0.717, 1.165) is 16.6 Å². The van der Waals surface area contributed by atoms with Crippen LogP contribution < -0.4 is 10.6 Å². The van der Waals surface area contributed by atoms with Crippen molar-refractivity contribution in [2.45, 2.75) is 19.0 Å². The summed E-state index contributed by atoms with van der Waals surface area (Å²) in [6.45, 7) is 1.44. The smallest absolute Gasteiger partial charge is 0.221 e. The number of carbonyl (C=O) groups excluding carboxylic acids is 1. The molecule has 1 fully saturated rings. The van der Waals surface area contributed by atoms with Gasteiger partial charge in [0.05, 0.1) is 5.02 Å². The minimum absolute atomic E-state index is 0.117. The van der Waals surface area contributed by atoms with Crippen LogP contribution in [0.25, 0.3) is 0 Å². The summed E-state index contributed by atoms with van der Waals surface area (Å²) in [6, 6.07) is 6.09. The van der Waals surface area contributed by atoms with E-state index in [1.807, 2.05) is 18.2 Å². The molecule has 1 unspecified atom stereocenters. The Morgan fingerprint density at radius 3 is 3.00 bits per heavy atom. The third-order valence-corrected chi connectivity index (χ3v) is 3.79. The standard InChI is InChI=1S/C11H12BrClN2O/c12-9-2-1-7(3-10(9)13)5-14-8-4-11(16)15-6-8/h1-3,8,14H,4-6H2,(H,15,16). The minimum Gasteiger partial charge on any atom is -0.354 e. The molecule has 5 heteroatoms. The van der Waals surface area contributed by atoms with Crippen molar-refractivity contribution in [2.24, 2.45) is 0 Å². The summed E-state index contributed by atoms with van der Waals surface area (Å²) in [5, 5.41) is 6.82. The van der Waals surface area contributed by atoms with Crippen molar-refractivity contribution in [1.82, 2.24) is 10.6 Å². The summed E-state index contributed by atoms with van der Waals surface area (Å²) in [5.74, 6) is 0.117. The van der Waals surface area contributed by atoms with E-state index in [1.54, 1.807) is 0 Å². The number of halogens is 2. The van der Waals surface area contributed by atoms with Gasteiger partial charge in [-0.25, -0.2) is 0 Å². The summed E-state index contributed by atoms with van der Waals surface area (Å²) >= 11 is 9.34. The summed E-state index contributed by atoms with van der Waals surface area (Å²) < 4.78 is 0.899. The van der Waals surface area contributed by atoms with Crippen LogP contribution in [0.3, 0.4) is 0 Å². The van der Waals surface area contributed by atoms with Crippen molar-refractivity contribution in [3.05, 3.63) is 33.3 Å². The Kier molecular flexibility index (Phi) is 3.84. The molecule has 1 saturated heterocycles. The van der Waals surface area contributed by atoms with E-state index in [4.69, 9.17) is 11.6 Å². The topological polar surface area (TPSA) is 41.1 Å². The normalized spacial score (nSPS) is 19.9. The molecule has 1 aromatic carbocycles. The molecule has 2 N–H and O–H groups in total. The average Bonchev–Trinajstić information content (AvgIpc) is 2.66. The second kappa shape index (κ2) is 5.17. The molecule has 1 aliphatic heterocycles. The Morgan fingerprint density at radius 2 is 2.38 bits per heavy atom. The fraction of sp³-hybridized carbons (Fsp3) is 0.364. The first-order valence-electron chi connectivity index (χ1n) is 5.09. The second-order valence-corrected chi connectivity index (χ2v) is 5.10. The van der Waals surface area contributed by atoms with Gasteiger partial charge in [0, 0.05) is 30.0 Å². The van der Waals surface area contributed by atoms with Crippen LogP contribution >= 0.6 is 27.5 Å². The zero-order valence-corrected chi connectivity index (χ0v) is 10.9. The molecule has 86 valence electrons. The van der Waals surface area contributed by atoms with Gasteiger partial charge in [0.1, 0.15) is 0 Å². The fourth-order valence-electron chi connectivity index (χ4n) is 1.66. The third kappa shape index (κ3) is 2.97. The highest BCUT2D eigenvalue weighted by Crippen LogP contribution is 2.23. The highest BCUT2D eigenvalue weighted by molar-refractivity contribution is 9.10. The van der Waals surface area contributed by atoms with Crippen LogP contribution in [-0.4, -0.2) is 18.5 Å². The maximum Gasteiger partial charge on any atom is 0.221 e. The lowest BCUT2D eigenvalue weighted by Gasteiger charge is -2.10. The van der Waals surface area contributed by atoms with Gasteiger partial charge in [0.25, 0.3) is 0 Å². The Balaban J connectivity index is 1.89. The van der Waals surface area contributed by atoms with E-state index >= 15 is 0 Å². The number of hydrogen-bond donors (Lipinski definition) is 2. The quantitative estimate of drug-likeness (QED) is 0.897. The maximum atomic E-state index is 11.0. The van der Waals surface area contributed by atoms with Crippen LogP contribution in [0.4, 0.5) is 0 Å². The van der Waals surface area contributed by atoms with E-state index < -0.39 is 0 Å². The molecule has 0 aliphatic carbocycles. The van der Waals surface area contributed by atoms with Gasteiger partial charge in [-0.1, -0.05) is 17.7 Å². The zero-order valence-electron chi connectivity index (χ0n) is 8.59. The van der Waals surface area contributed by atoms with Crippen molar-refractivity contribution < 1.29 is 4.79 Å². The summed E-state index contributed by atoms with van der Waals surface area (Å²) in [7, 11) is 0. The molecule has 1 amide bonds. The zero-order chi connectivity index (χ0) is 11.5. The van der Waals surface area contributed by atoms with E-state index in [2.05, 4.69) is 26.6 Å². The van der Waals surface area contributed by atoms with Crippen molar-refractivity contribution in [3.63, 3.8) is 0 Å². The number of rotatable bonds is 3. The molecule has 0 radical (unpaired) electrons.